The Morgan fingerprint density at radius 3 is 2.83 bits per heavy atom. The number of hydrogen-bond donors (Lipinski definition) is 0. The average Bonchev–Trinajstić information content (AvgIpc) is 3.09. The zero-order chi connectivity index (χ0) is 16.8. The maximum atomic E-state index is 12.8. The van der Waals surface area contributed by atoms with Crippen LogP contribution in [0.1, 0.15) is 30.7 Å². The van der Waals surface area contributed by atoms with Crippen molar-refractivity contribution in [3.8, 4) is 0 Å². The lowest BCUT2D eigenvalue weighted by molar-refractivity contribution is -0.143. The van der Waals surface area contributed by atoms with Crippen LogP contribution in [0.5, 0.6) is 0 Å². The molecule has 2 aromatic heterocycles. The normalized spacial score (nSPS) is 23.7. The number of morpholine rings is 1. The summed E-state index contributed by atoms with van der Waals surface area (Å²) in [6, 6.07) is 0. The summed E-state index contributed by atoms with van der Waals surface area (Å²) < 4.78 is 7.12. The Hall–Kier alpha value is -1.73. The van der Waals surface area contributed by atoms with E-state index in [1.54, 1.807) is 16.2 Å². The molecule has 0 radical (unpaired) electrons. The molecule has 2 atom stereocenters. The van der Waals surface area contributed by atoms with Gasteiger partial charge in [0, 0.05) is 18.0 Å². The van der Waals surface area contributed by atoms with Crippen molar-refractivity contribution in [2.24, 2.45) is 0 Å². The number of carbonyl (C=O) groups is 1. The second-order valence-electron chi connectivity index (χ2n) is 6.77. The van der Waals surface area contributed by atoms with Crippen molar-refractivity contribution < 1.29 is 9.53 Å². The number of carbonyl (C=O) groups excluding carboxylic acids is 1. The summed E-state index contributed by atoms with van der Waals surface area (Å²) in [5, 5.41) is 0.728. The lowest BCUT2D eigenvalue weighted by Gasteiger charge is -2.35. The fraction of sp³-hybridized carbons (Fsp3) is 0.588. The maximum absolute atomic E-state index is 12.8. The fourth-order valence-electron chi connectivity index (χ4n) is 3.76. The first-order chi connectivity index (χ1) is 11.5. The molecule has 2 aromatic rings. The molecule has 3 heterocycles. The average molecular weight is 347 g/mol. The number of amides is 1. The molecule has 0 unspecified atom stereocenters. The molecule has 0 N–H and O–H groups in total. The minimum absolute atomic E-state index is 0.0233. The van der Waals surface area contributed by atoms with Gasteiger partial charge in [0.2, 0.25) is 5.91 Å². The van der Waals surface area contributed by atoms with Crippen molar-refractivity contribution in [2.75, 3.05) is 13.1 Å². The highest BCUT2D eigenvalue weighted by Gasteiger charge is 2.27. The van der Waals surface area contributed by atoms with Crippen LogP contribution in [-0.2, 0) is 28.9 Å². The molecule has 1 aliphatic carbocycles. The van der Waals surface area contributed by atoms with Gasteiger partial charge in [-0.1, -0.05) is 0 Å². The summed E-state index contributed by atoms with van der Waals surface area (Å²) in [4.78, 5) is 33.7. The minimum Gasteiger partial charge on any atom is -0.372 e. The van der Waals surface area contributed by atoms with E-state index in [9.17, 15) is 9.59 Å². The van der Waals surface area contributed by atoms with Crippen molar-refractivity contribution >= 4 is 27.5 Å². The van der Waals surface area contributed by atoms with Crippen LogP contribution in [0.15, 0.2) is 11.1 Å². The van der Waals surface area contributed by atoms with Gasteiger partial charge in [-0.05, 0) is 38.7 Å². The highest BCUT2D eigenvalue weighted by Crippen LogP contribution is 2.34. The van der Waals surface area contributed by atoms with Gasteiger partial charge in [-0.2, -0.15) is 0 Å². The first kappa shape index (κ1) is 15.8. The zero-order valence-corrected chi connectivity index (χ0v) is 14.8. The summed E-state index contributed by atoms with van der Waals surface area (Å²) >= 11 is 1.62. The Morgan fingerprint density at radius 2 is 2.08 bits per heavy atom. The molecule has 1 saturated heterocycles. The van der Waals surface area contributed by atoms with Gasteiger partial charge in [0.15, 0.2) is 0 Å². The number of hydrogen-bond acceptors (Lipinski definition) is 5. The topological polar surface area (TPSA) is 64.4 Å². The molecule has 0 bridgehead atoms. The van der Waals surface area contributed by atoms with Gasteiger partial charge in [-0.3, -0.25) is 14.2 Å². The van der Waals surface area contributed by atoms with Gasteiger partial charge in [-0.15, -0.1) is 11.3 Å². The van der Waals surface area contributed by atoms with Crippen LogP contribution in [0.4, 0.5) is 0 Å². The van der Waals surface area contributed by atoms with Gasteiger partial charge in [0.05, 0.1) is 23.9 Å². The van der Waals surface area contributed by atoms with E-state index in [0.717, 1.165) is 35.0 Å². The number of ether oxygens (including phenoxy) is 1. The molecule has 0 aromatic carbocycles. The smallest absolute Gasteiger partial charge is 0.262 e. The molecule has 2 aliphatic rings. The third kappa shape index (κ3) is 2.65. The summed E-state index contributed by atoms with van der Waals surface area (Å²) in [6.07, 6.45) is 4.65. The van der Waals surface area contributed by atoms with Crippen molar-refractivity contribution in [3.63, 3.8) is 0 Å². The van der Waals surface area contributed by atoms with E-state index in [2.05, 4.69) is 4.98 Å². The van der Waals surface area contributed by atoms with Crippen LogP contribution in [0.3, 0.4) is 0 Å². The monoisotopic (exact) mass is 347 g/mol. The Bertz CT molecular complexity index is 847. The second-order valence-corrected chi connectivity index (χ2v) is 7.85. The molecule has 0 saturated carbocycles. The van der Waals surface area contributed by atoms with Crippen LogP contribution in [0.25, 0.3) is 10.2 Å². The molecule has 1 fully saturated rings. The Balaban J connectivity index is 1.62. The van der Waals surface area contributed by atoms with Crippen LogP contribution >= 0.6 is 11.3 Å². The van der Waals surface area contributed by atoms with E-state index >= 15 is 0 Å². The first-order valence-electron chi connectivity index (χ1n) is 8.46. The van der Waals surface area contributed by atoms with E-state index < -0.39 is 0 Å². The molecule has 24 heavy (non-hydrogen) atoms. The largest absolute Gasteiger partial charge is 0.372 e. The molecule has 1 aliphatic heterocycles. The van der Waals surface area contributed by atoms with Crippen molar-refractivity contribution in [1.82, 2.24) is 14.5 Å². The van der Waals surface area contributed by atoms with Gasteiger partial charge < -0.3 is 9.64 Å². The molecule has 1 amide bonds. The number of thiophene rings is 1. The van der Waals surface area contributed by atoms with Crippen molar-refractivity contribution in [2.45, 2.75) is 51.9 Å². The number of aryl methyl sites for hydroxylation is 2. The van der Waals surface area contributed by atoms with Crippen LogP contribution < -0.4 is 5.56 Å². The van der Waals surface area contributed by atoms with Gasteiger partial charge in [0.25, 0.3) is 5.56 Å². The van der Waals surface area contributed by atoms with Crippen molar-refractivity contribution in [3.05, 3.63) is 27.1 Å². The van der Waals surface area contributed by atoms with Gasteiger partial charge in [0.1, 0.15) is 11.4 Å². The molecule has 4 rings (SSSR count). The predicted octanol–water partition coefficient (Wildman–Crippen LogP) is 1.58. The van der Waals surface area contributed by atoms with E-state index in [0.29, 0.717) is 13.1 Å². The molecule has 7 heteroatoms. The first-order valence-corrected chi connectivity index (χ1v) is 9.27. The second kappa shape index (κ2) is 5.97. The van der Waals surface area contributed by atoms with E-state index in [-0.39, 0.29) is 30.2 Å². The predicted molar refractivity (Wildman–Crippen MR) is 92.5 cm³/mol. The maximum Gasteiger partial charge on any atom is 0.262 e. The molecule has 128 valence electrons. The molecular weight excluding hydrogens is 326 g/mol. The molecule has 6 nitrogen and oxygen atoms in total. The Kier molecular flexibility index (Phi) is 3.92. The molecule has 0 spiro atoms. The summed E-state index contributed by atoms with van der Waals surface area (Å²) in [6.45, 7) is 5.11. The number of aromatic nitrogens is 2. The lowest BCUT2D eigenvalue weighted by Crippen LogP contribution is -2.49. The quantitative estimate of drug-likeness (QED) is 0.827. The zero-order valence-electron chi connectivity index (χ0n) is 13.9. The third-order valence-corrected chi connectivity index (χ3v) is 5.97. The number of fused-ring (bicyclic) bond motifs is 3. The van der Waals surface area contributed by atoms with Gasteiger partial charge in [-0.25, -0.2) is 4.98 Å². The van der Waals surface area contributed by atoms with E-state index in [1.165, 1.54) is 15.8 Å². The van der Waals surface area contributed by atoms with Gasteiger partial charge >= 0.3 is 0 Å². The van der Waals surface area contributed by atoms with Crippen LogP contribution in [0.2, 0.25) is 0 Å². The SMILES string of the molecule is C[C@@H]1CN(C(=O)Cn2cnc3sc4c(c3c2=O)CCC4)C[C@H](C)O1. The lowest BCUT2D eigenvalue weighted by atomic mass is 10.2. The number of nitrogens with zero attached hydrogens (tertiary/aromatic N) is 3. The van der Waals surface area contributed by atoms with Crippen LogP contribution in [0, 0.1) is 0 Å². The summed E-state index contributed by atoms with van der Waals surface area (Å²) in [5.74, 6) is -0.0490. The minimum atomic E-state index is -0.0814. The molecular formula is C17H21N3O3S. The highest BCUT2D eigenvalue weighted by molar-refractivity contribution is 7.18. The van der Waals surface area contributed by atoms with Crippen LogP contribution in [-0.4, -0.2) is 45.7 Å². The van der Waals surface area contributed by atoms with E-state index in [1.807, 2.05) is 13.8 Å². The Morgan fingerprint density at radius 1 is 1.33 bits per heavy atom. The standard InChI is InChI=1S/C17H21N3O3S/c1-10-6-19(7-11(2)23-10)14(21)8-20-9-18-16-15(17(20)22)12-4-3-5-13(12)24-16/h9-11H,3-8H2,1-2H3/t10-,11+. The Labute approximate surface area is 144 Å². The highest BCUT2D eigenvalue weighted by atomic mass is 32.1. The summed E-state index contributed by atoms with van der Waals surface area (Å²) in [5.41, 5.74) is 1.07. The fourth-order valence-corrected chi connectivity index (χ4v) is 4.98. The van der Waals surface area contributed by atoms with E-state index in [4.69, 9.17) is 4.74 Å². The number of rotatable bonds is 2. The van der Waals surface area contributed by atoms with Crippen molar-refractivity contribution in [1.29, 1.82) is 0 Å². The third-order valence-electron chi connectivity index (χ3n) is 4.77. The summed E-state index contributed by atoms with van der Waals surface area (Å²) in [7, 11) is 0.